The van der Waals surface area contributed by atoms with Crippen LogP contribution < -0.4 is 0 Å². The van der Waals surface area contributed by atoms with Crippen LogP contribution in [0, 0.1) is 23.2 Å². The molecule has 1 aromatic rings. The number of likely N-dealkylation sites (tertiary alicyclic amines) is 1. The Labute approximate surface area is 167 Å². The van der Waals surface area contributed by atoms with Crippen molar-refractivity contribution in [3.05, 3.63) is 35.9 Å². The maximum Gasteiger partial charge on any atom is 0.307 e. The SMILES string of the molecule is CN(CC1CCN(CC(O)c2ccccc2)CC1)C(=O)[C@@H]1[C@H](C(=O)O)C1(C)C. The molecule has 6 nitrogen and oxygen atoms in total. The number of aliphatic carboxylic acids is 1. The van der Waals surface area contributed by atoms with Crippen molar-refractivity contribution in [3.8, 4) is 0 Å². The van der Waals surface area contributed by atoms with Gasteiger partial charge in [0, 0.05) is 20.1 Å². The van der Waals surface area contributed by atoms with E-state index in [4.69, 9.17) is 0 Å². The minimum Gasteiger partial charge on any atom is -0.481 e. The predicted octanol–water partition coefficient (Wildman–Crippen LogP) is 2.25. The maximum atomic E-state index is 12.7. The normalized spacial score (nSPS) is 25.9. The van der Waals surface area contributed by atoms with Crippen molar-refractivity contribution in [1.29, 1.82) is 0 Å². The van der Waals surface area contributed by atoms with Crippen LogP contribution in [0.15, 0.2) is 30.3 Å². The van der Waals surface area contributed by atoms with E-state index in [-0.39, 0.29) is 5.91 Å². The highest BCUT2D eigenvalue weighted by molar-refractivity contribution is 5.91. The number of aliphatic hydroxyl groups is 1. The zero-order valence-corrected chi connectivity index (χ0v) is 17.0. The summed E-state index contributed by atoms with van der Waals surface area (Å²) in [5.41, 5.74) is 0.490. The van der Waals surface area contributed by atoms with E-state index in [0.717, 1.165) is 31.5 Å². The van der Waals surface area contributed by atoms with Crippen LogP contribution in [0.4, 0.5) is 0 Å². The van der Waals surface area contributed by atoms with E-state index in [1.54, 1.807) is 11.9 Å². The fraction of sp³-hybridized carbons (Fsp3) is 0.636. The zero-order valence-electron chi connectivity index (χ0n) is 17.0. The second kappa shape index (κ2) is 8.21. The number of hydrogen-bond donors (Lipinski definition) is 2. The molecule has 1 saturated carbocycles. The summed E-state index contributed by atoms with van der Waals surface area (Å²) in [5, 5.41) is 19.7. The number of rotatable bonds is 7. The molecule has 0 bridgehead atoms. The monoisotopic (exact) mass is 388 g/mol. The number of amides is 1. The molecule has 154 valence electrons. The summed E-state index contributed by atoms with van der Waals surface area (Å²) in [4.78, 5) is 28.0. The Kier molecular flexibility index (Phi) is 6.10. The molecule has 1 aliphatic heterocycles. The summed E-state index contributed by atoms with van der Waals surface area (Å²) >= 11 is 0. The van der Waals surface area contributed by atoms with Crippen LogP contribution >= 0.6 is 0 Å². The van der Waals surface area contributed by atoms with Gasteiger partial charge in [0.2, 0.25) is 5.91 Å². The first kappa shape index (κ1) is 20.8. The fourth-order valence-electron chi connectivity index (χ4n) is 4.65. The molecule has 6 heteroatoms. The van der Waals surface area contributed by atoms with Gasteiger partial charge in [0.1, 0.15) is 0 Å². The van der Waals surface area contributed by atoms with Crippen molar-refractivity contribution in [3.63, 3.8) is 0 Å². The van der Waals surface area contributed by atoms with Crippen molar-refractivity contribution in [1.82, 2.24) is 9.80 Å². The van der Waals surface area contributed by atoms with Crippen molar-refractivity contribution < 1.29 is 19.8 Å². The van der Waals surface area contributed by atoms with E-state index in [2.05, 4.69) is 4.90 Å². The molecule has 3 rings (SSSR count). The van der Waals surface area contributed by atoms with Gasteiger partial charge in [0.25, 0.3) is 0 Å². The summed E-state index contributed by atoms with van der Waals surface area (Å²) < 4.78 is 0. The first-order valence-corrected chi connectivity index (χ1v) is 10.1. The standard InChI is InChI=1S/C22H32N2O4/c1-22(2)18(19(22)21(27)28)20(26)23(3)13-15-9-11-24(12-10-15)14-17(25)16-7-5-4-6-8-16/h4-8,15,17-19,25H,9-14H2,1-3H3,(H,27,28)/t17?,18-,19+/m0/s1. The number of carboxylic acid groups (broad SMARTS) is 1. The fourth-order valence-corrected chi connectivity index (χ4v) is 4.65. The minimum atomic E-state index is -0.873. The third-order valence-electron chi connectivity index (χ3n) is 6.59. The molecule has 1 aromatic carbocycles. The van der Waals surface area contributed by atoms with E-state index in [1.807, 2.05) is 44.2 Å². The predicted molar refractivity (Wildman–Crippen MR) is 107 cm³/mol. The van der Waals surface area contributed by atoms with Gasteiger partial charge in [0.05, 0.1) is 17.9 Å². The molecule has 1 heterocycles. The van der Waals surface area contributed by atoms with E-state index in [9.17, 15) is 19.8 Å². The van der Waals surface area contributed by atoms with Gasteiger partial charge in [-0.05, 0) is 42.8 Å². The smallest absolute Gasteiger partial charge is 0.307 e. The Morgan fingerprint density at radius 2 is 1.79 bits per heavy atom. The molecule has 1 amide bonds. The summed E-state index contributed by atoms with van der Waals surface area (Å²) in [6.07, 6.45) is 1.48. The Hall–Kier alpha value is -1.92. The van der Waals surface area contributed by atoms with Crippen LogP contribution in [-0.2, 0) is 9.59 Å². The van der Waals surface area contributed by atoms with Crippen LogP contribution in [0.3, 0.4) is 0 Å². The molecule has 1 aliphatic carbocycles. The van der Waals surface area contributed by atoms with Crippen molar-refractivity contribution >= 4 is 11.9 Å². The number of aliphatic hydroxyl groups excluding tert-OH is 1. The Bertz CT molecular complexity index is 698. The Morgan fingerprint density at radius 1 is 1.18 bits per heavy atom. The second-order valence-corrected chi connectivity index (χ2v) is 9.00. The van der Waals surface area contributed by atoms with Gasteiger partial charge in [0.15, 0.2) is 0 Å². The Balaban J connectivity index is 1.44. The molecule has 1 saturated heterocycles. The van der Waals surface area contributed by atoms with Crippen LogP contribution in [-0.4, -0.2) is 65.1 Å². The zero-order chi connectivity index (χ0) is 20.5. The van der Waals surface area contributed by atoms with Crippen molar-refractivity contribution in [2.24, 2.45) is 23.2 Å². The van der Waals surface area contributed by atoms with Gasteiger partial charge in [-0.25, -0.2) is 0 Å². The number of piperidine rings is 1. The number of nitrogens with zero attached hydrogens (tertiary/aromatic N) is 2. The topological polar surface area (TPSA) is 81.1 Å². The number of hydrogen-bond acceptors (Lipinski definition) is 4. The molecule has 0 aromatic heterocycles. The average Bonchev–Trinajstić information content (AvgIpc) is 3.25. The highest BCUT2D eigenvalue weighted by Gasteiger charge is 2.66. The molecule has 3 atom stereocenters. The quantitative estimate of drug-likeness (QED) is 0.749. The van der Waals surface area contributed by atoms with E-state index >= 15 is 0 Å². The van der Waals surface area contributed by atoms with Crippen molar-refractivity contribution in [2.75, 3.05) is 33.2 Å². The van der Waals surface area contributed by atoms with Gasteiger partial charge < -0.3 is 20.0 Å². The van der Waals surface area contributed by atoms with E-state index < -0.39 is 29.3 Å². The number of carboxylic acids is 1. The summed E-state index contributed by atoms with van der Waals surface area (Å²) in [7, 11) is 1.79. The molecular formula is C22H32N2O4. The van der Waals surface area contributed by atoms with E-state index in [0.29, 0.717) is 19.0 Å². The van der Waals surface area contributed by atoms with Gasteiger partial charge >= 0.3 is 5.97 Å². The third kappa shape index (κ3) is 4.39. The van der Waals surface area contributed by atoms with Gasteiger partial charge in [-0.15, -0.1) is 0 Å². The molecule has 28 heavy (non-hydrogen) atoms. The lowest BCUT2D eigenvalue weighted by Crippen LogP contribution is -2.41. The molecule has 0 radical (unpaired) electrons. The van der Waals surface area contributed by atoms with Crippen LogP contribution in [0.1, 0.15) is 38.4 Å². The maximum absolute atomic E-state index is 12.7. The lowest BCUT2D eigenvalue weighted by atomic mass is 9.95. The summed E-state index contributed by atoms with van der Waals surface area (Å²) in [5.74, 6) is -1.47. The molecule has 0 spiro atoms. The second-order valence-electron chi connectivity index (χ2n) is 9.00. The molecule has 1 unspecified atom stereocenters. The van der Waals surface area contributed by atoms with Crippen LogP contribution in [0.5, 0.6) is 0 Å². The van der Waals surface area contributed by atoms with Crippen LogP contribution in [0.25, 0.3) is 0 Å². The average molecular weight is 389 g/mol. The molecular weight excluding hydrogens is 356 g/mol. The third-order valence-corrected chi connectivity index (χ3v) is 6.59. The van der Waals surface area contributed by atoms with Gasteiger partial charge in [-0.3, -0.25) is 9.59 Å². The highest BCUT2D eigenvalue weighted by atomic mass is 16.4. The largest absolute Gasteiger partial charge is 0.481 e. The number of β-amino-alcohol motifs (C(OH)–C–C–N with tert-alkyl or cyclic N) is 1. The molecule has 2 aliphatic rings. The van der Waals surface area contributed by atoms with Gasteiger partial charge in [-0.2, -0.15) is 0 Å². The van der Waals surface area contributed by atoms with Gasteiger partial charge in [-0.1, -0.05) is 44.2 Å². The van der Waals surface area contributed by atoms with E-state index in [1.165, 1.54) is 0 Å². The summed E-state index contributed by atoms with van der Waals surface area (Å²) in [6.45, 7) is 6.83. The summed E-state index contributed by atoms with van der Waals surface area (Å²) in [6, 6.07) is 9.71. The lowest BCUT2D eigenvalue weighted by Gasteiger charge is -2.35. The minimum absolute atomic E-state index is 0.0423. The highest BCUT2D eigenvalue weighted by Crippen LogP contribution is 2.59. The first-order valence-electron chi connectivity index (χ1n) is 10.1. The Morgan fingerprint density at radius 3 is 2.32 bits per heavy atom. The first-order chi connectivity index (χ1) is 13.2. The lowest BCUT2D eigenvalue weighted by molar-refractivity contribution is -0.141. The number of carbonyl (C=O) groups excluding carboxylic acids is 1. The number of carbonyl (C=O) groups is 2. The number of benzene rings is 1. The molecule has 2 N–H and O–H groups in total. The van der Waals surface area contributed by atoms with Crippen LogP contribution in [0.2, 0.25) is 0 Å². The molecule has 2 fully saturated rings. The van der Waals surface area contributed by atoms with Crippen molar-refractivity contribution in [2.45, 2.75) is 32.8 Å².